The molecule has 0 unspecified atom stereocenters. The fourth-order valence-corrected chi connectivity index (χ4v) is 3.42. The molecular formula is C13H17Cl2NO4S. The zero-order valence-electron chi connectivity index (χ0n) is 11.9. The van der Waals surface area contributed by atoms with Crippen molar-refractivity contribution >= 4 is 39.2 Å². The lowest BCUT2D eigenvalue weighted by atomic mass is 9.93. The van der Waals surface area contributed by atoms with Crippen molar-refractivity contribution < 1.29 is 18.3 Å². The number of carboxylic acids is 1. The summed E-state index contributed by atoms with van der Waals surface area (Å²) in [6.07, 6.45) is 0.628. The van der Waals surface area contributed by atoms with Crippen molar-refractivity contribution in [3.8, 4) is 0 Å². The molecule has 1 aromatic carbocycles. The second-order valence-electron chi connectivity index (χ2n) is 5.78. The Morgan fingerprint density at radius 3 is 2.29 bits per heavy atom. The van der Waals surface area contributed by atoms with E-state index in [0.29, 0.717) is 6.42 Å². The average molecular weight is 354 g/mol. The second-order valence-corrected chi connectivity index (χ2v) is 8.33. The van der Waals surface area contributed by atoms with Crippen molar-refractivity contribution in [2.45, 2.75) is 32.1 Å². The third-order valence-electron chi connectivity index (χ3n) is 2.71. The van der Waals surface area contributed by atoms with Crippen LogP contribution in [0.15, 0.2) is 17.0 Å². The highest BCUT2D eigenvalue weighted by molar-refractivity contribution is 7.89. The van der Waals surface area contributed by atoms with Gasteiger partial charge in [0.2, 0.25) is 10.0 Å². The monoisotopic (exact) mass is 353 g/mol. The summed E-state index contributed by atoms with van der Waals surface area (Å²) in [5.74, 6) is -1.32. The van der Waals surface area contributed by atoms with Crippen molar-refractivity contribution in [1.82, 2.24) is 4.72 Å². The third-order valence-corrected chi connectivity index (χ3v) is 4.95. The van der Waals surface area contributed by atoms with Gasteiger partial charge in [-0.1, -0.05) is 44.0 Å². The molecule has 0 bridgehead atoms. The normalized spacial score (nSPS) is 12.4. The van der Waals surface area contributed by atoms with Crippen LogP contribution < -0.4 is 4.72 Å². The fourth-order valence-electron chi connectivity index (χ4n) is 1.54. The maximum atomic E-state index is 12.2. The fraction of sp³-hybridized carbons (Fsp3) is 0.462. The number of benzene rings is 1. The topological polar surface area (TPSA) is 83.5 Å². The zero-order valence-corrected chi connectivity index (χ0v) is 14.2. The molecule has 21 heavy (non-hydrogen) atoms. The van der Waals surface area contributed by atoms with Gasteiger partial charge in [-0.3, -0.25) is 0 Å². The molecule has 0 aliphatic rings. The summed E-state index contributed by atoms with van der Waals surface area (Å²) in [7, 11) is -3.89. The number of sulfonamides is 1. The van der Waals surface area contributed by atoms with Crippen LogP contribution in [0.5, 0.6) is 0 Å². The van der Waals surface area contributed by atoms with E-state index in [2.05, 4.69) is 4.72 Å². The molecule has 0 fully saturated rings. The zero-order chi connectivity index (χ0) is 16.4. The van der Waals surface area contributed by atoms with Crippen molar-refractivity contribution in [3.63, 3.8) is 0 Å². The quantitative estimate of drug-likeness (QED) is 0.849. The molecule has 8 heteroatoms. The van der Waals surface area contributed by atoms with Crippen molar-refractivity contribution in [2.75, 3.05) is 6.54 Å². The Balaban J connectivity index is 3.08. The molecule has 0 saturated carbocycles. The molecule has 1 aromatic rings. The van der Waals surface area contributed by atoms with Gasteiger partial charge in [-0.15, -0.1) is 0 Å². The summed E-state index contributed by atoms with van der Waals surface area (Å²) in [6.45, 7) is 6.19. The Kier molecular flexibility index (Phi) is 5.66. The molecule has 0 aliphatic carbocycles. The van der Waals surface area contributed by atoms with Crippen LogP contribution in [0.3, 0.4) is 0 Å². The van der Waals surface area contributed by atoms with E-state index in [1.807, 2.05) is 20.8 Å². The maximum absolute atomic E-state index is 12.2. The summed E-state index contributed by atoms with van der Waals surface area (Å²) in [5, 5.41) is 8.76. The minimum absolute atomic E-state index is 0.0292. The summed E-state index contributed by atoms with van der Waals surface area (Å²) < 4.78 is 26.8. The molecule has 0 aliphatic heterocycles. The van der Waals surface area contributed by atoms with E-state index in [0.717, 1.165) is 12.1 Å². The molecule has 2 N–H and O–H groups in total. The van der Waals surface area contributed by atoms with E-state index in [1.165, 1.54) is 0 Å². The lowest BCUT2D eigenvalue weighted by molar-refractivity contribution is 0.0697. The van der Waals surface area contributed by atoms with Gasteiger partial charge in [0.15, 0.2) is 0 Å². The van der Waals surface area contributed by atoms with Gasteiger partial charge in [-0.05, 0) is 24.0 Å². The highest BCUT2D eigenvalue weighted by atomic mass is 35.5. The Hall–Kier alpha value is -0.820. The van der Waals surface area contributed by atoms with E-state index >= 15 is 0 Å². The molecule has 0 spiro atoms. The van der Waals surface area contributed by atoms with Gasteiger partial charge in [0.25, 0.3) is 0 Å². The van der Waals surface area contributed by atoms with Gasteiger partial charge < -0.3 is 5.11 Å². The minimum Gasteiger partial charge on any atom is -0.478 e. The molecule has 0 aromatic heterocycles. The average Bonchev–Trinajstić information content (AvgIpc) is 2.25. The number of rotatable bonds is 5. The summed E-state index contributed by atoms with van der Waals surface area (Å²) in [5.41, 5.74) is -0.337. The summed E-state index contributed by atoms with van der Waals surface area (Å²) in [6, 6.07) is 2.08. The summed E-state index contributed by atoms with van der Waals surface area (Å²) >= 11 is 11.6. The van der Waals surface area contributed by atoms with E-state index in [4.69, 9.17) is 28.3 Å². The van der Waals surface area contributed by atoms with E-state index < -0.39 is 16.0 Å². The van der Waals surface area contributed by atoms with Crippen molar-refractivity contribution in [3.05, 3.63) is 27.7 Å². The van der Waals surface area contributed by atoms with Crippen LogP contribution in [-0.4, -0.2) is 26.0 Å². The number of carboxylic acid groups (broad SMARTS) is 1. The number of carbonyl (C=O) groups is 1. The number of aromatic carboxylic acids is 1. The molecule has 0 saturated heterocycles. The first-order valence-electron chi connectivity index (χ1n) is 6.16. The van der Waals surface area contributed by atoms with Gasteiger partial charge in [0, 0.05) is 6.54 Å². The van der Waals surface area contributed by atoms with Crippen LogP contribution >= 0.6 is 23.2 Å². The van der Waals surface area contributed by atoms with Gasteiger partial charge >= 0.3 is 5.97 Å². The first kappa shape index (κ1) is 18.2. The number of hydrogen-bond donors (Lipinski definition) is 2. The number of nitrogens with one attached hydrogen (secondary N) is 1. The molecule has 0 atom stereocenters. The van der Waals surface area contributed by atoms with E-state index in [1.54, 1.807) is 0 Å². The lowest BCUT2D eigenvalue weighted by Crippen LogP contribution is -2.28. The van der Waals surface area contributed by atoms with Crippen LogP contribution in [-0.2, 0) is 10.0 Å². The number of halogens is 2. The van der Waals surface area contributed by atoms with E-state index in [-0.39, 0.29) is 32.5 Å². The molecule has 0 radical (unpaired) electrons. The first-order chi connectivity index (χ1) is 9.44. The molecule has 0 heterocycles. The minimum atomic E-state index is -3.89. The predicted octanol–water partition coefficient (Wildman–Crippen LogP) is 3.41. The van der Waals surface area contributed by atoms with Gasteiger partial charge in [0.1, 0.15) is 4.90 Å². The predicted molar refractivity (Wildman–Crippen MR) is 82.7 cm³/mol. The van der Waals surface area contributed by atoms with Crippen molar-refractivity contribution in [1.29, 1.82) is 0 Å². The Labute approximate surface area is 134 Å². The van der Waals surface area contributed by atoms with Crippen molar-refractivity contribution in [2.24, 2.45) is 5.41 Å². The van der Waals surface area contributed by atoms with E-state index in [9.17, 15) is 13.2 Å². The van der Waals surface area contributed by atoms with Crippen LogP contribution in [0.1, 0.15) is 37.6 Å². The van der Waals surface area contributed by atoms with Gasteiger partial charge in [0.05, 0.1) is 15.6 Å². The number of hydrogen-bond acceptors (Lipinski definition) is 3. The van der Waals surface area contributed by atoms with Crippen LogP contribution in [0.2, 0.25) is 10.0 Å². The SMILES string of the molecule is CC(C)(C)CCNS(=O)(=O)c1cc(C(=O)O)c(Cl)cc1Cl. The highest BCUT2D eigenvalue weighted by Crippen LogP contribution is 2.29. The Bertz CT molecular complexity index is 651. The van der Waals surface area contributed by atoms with Gasteiger partial charge in [-0.25, -0.2) is 17.9 Å². The molecule has 1 rings (SSSR count). The van der Waals surface area contributed by atoms with Crippen LogP contribution in [0, 0.1) is 5.41 Å². The lowest BCUT2D eigenvalue weighted by Gasteiger charge is -2.18. The highest BCUT2D eigenvalue weighted by Gasteiger charge is 2.22. The Morgan fingerprint density at radius 1 is 1.24 bits per heavy atom. The molecule has 5 nitrogen and oxygen atoms in total. The molecule has 118 valence electrons. The summed E-state index contributed by atoms with van der Waals surface area (Å²) in [4.78, 5) is 10.7. The van der Waals surface area contributed by atoms with Gasteiger partial charge in [-0.2, -0.15) is 0 Å². The smallest absolute Gasteiger partial charge is 0.337 e. The molecule has 0 amide bonds. The maximum Gasteiger partial charge on any atom is 0.337 e. The third kappa shape index (κ3) is 5.14. The standard InChI is InChI=1S/C13H17Cl2NO4S/c1-13(2,3)4-5-16-21(19,20)11-6-8(12(17)18)9(14)7-10(11)15/h6-7,16H,4-5H2,1-3H3,(H,17,18). The van der Waals surface area contributed by atoms with Crippen LogP contribution in [0.4, 0.5) is 0 Å². The largest absolute Gasteiger partial charge is 0.478 e. The second kappa shape index (κ2) is 6.52. The molecular weight excluding hydrogens is 337 g/mol. The van der Waals surface area contributed by atoms with Crippen LogP contribution in [0.25, 0.3) is 0 Å². The first-order valence-corrected chi connectivity index (χ1v) is 8.40. The Morgan fingerprint density at radius 2 is 1.81 bits per heavy atom.